The topological polar surface area (TPSA) is 64.3 Å². The van der Waals surface area contributed by atoms with Gasteiger partial charge < -0.3 is 4.42 Å². The Balaban J connectivity index is 3.24. The highest BCUT2D eigenvalue weighted by atomic mass is 28.2. The van der Waals surface area contributed by atoms with E-state index in [-0.39, 0.29) is 20.7 Å². The van der Waals surface area contributed by atoms with E-state index in [1.54, 1.807) is 5.54 Å². The molecule has 1 heterocycles. The van der Waals surface area contributed by atoms with Crippen molar-refractivity contribution in [2.24, 2.45) is 0 Å². The maximum absolute atomic E-state index is 10.3. The first-order chi connectivity index (χ1) is 5.81. The molecule has 59 valence electrons. The Kier molecular flexibility index (Phi) is 2.63. The van der Waals surface area contributed by atoms with Gasteiger partial charge in [-0.1, -0.05) is 0 Å². The average molecular weight is 179 g/mol. The van der Waals surface area contributed by atoms with Gasteiger partial charge in [0.25, 0.3) is 0 Å². The van der Waals surface area contributed by atoms with Crippen LogP contribution >= 0.6 is 0 Å². The molecule has 0 aliphatic heterocycles. The van der Waals surface area contributed by atoms with E-state index in [0.29, 0.717) is 17.8 Å². The van der Waals surface area contributed by atoms with Crippen molar-refractivity contribution in [2.45, 2.75) is 0 Å². The van der Waals surface area contributed by atoms with E-state index < -0.39 is 0 Å². The van der Waals surface area contributed by atoms with Crippen molar-refractivity contribution in [3.05, 3.63) is 17.6 Å². The second-order valence-corrected chi connectivity index (χ2v) is 2.88. The van der Waals surface area contributed by atoms with Crippen molar-refractivity contribution in [2.75, 3.05) is 0 Å². The second-order valence-electron chi connectivity index (χ2n) is 1.89. The normalized spacial score (nSPS) is 8.67. The highest BCUT2D eigenvalue weighted by Crippen LogP contribution is 1.98. The van der Waals surface area contributed by atoms with E-state index in [1.807, 2.05) is 0 Å². The van der Waals surface area contributed by atoms with Crippen LogP contribution in [-0.4, -0.2) is 27.2 Å². The Labute approximate surface area is 69.6 Å². The van der Waals surface area contributed by atoms with Gasteiger partial charge in [0.15, 0.2) is 33.2 Å². The lowest BCUT2D eigenvalue weighted by molar-refractivity contribution is 0.108. The molecule has 0 aromatic carbocycles. The maximum atomic E-state index is 10.3. The van der Waals surface area contributed by atoms with Crippen molar-refractivity contribution in [3.63, 3.8) is 0 Å². The summed E-state index contributed by atoms with van der Waals surface area (Å²) in [5, 5.41) is 0.419. The van der Waals surface area contributed by atoms with E-state index in [0.717, 1.165) is 0 Å². The summed E-state index contributed by atoms with van der Waals surface area (Å²) in [5.41, 5.74) is 1.64. The van der Waals surface area contributed by atoms with Crippen LogP contribution in [0.25, 0.3) is 0 Å². The summed E-state index contributed by atoms with van der Waals surface area (Å²) in [6.07, 6.45) is 0.943. The number of hydrogen-bond donors (Lipinski definition) is 0. The number of rotatable bonds is 3. The Hall–Kier alpha value is -1.58. The number of hydrogen-bond acceptors (Lipinski definition) is 4. The molecule has 4 nitrogen and oxygen atoms in total. The lowest BCUT2D eigenvalue weighted by Crippen LogP contribution is -2.09. The second kappa shape index (κ2) is 3.71. The van der Waals surface area contributed by atoms with Crippen molar-refractivity contribution >= 4 is 32.4 Å². The summed E-state index contributed by atoms with van der Waals surface area (Å²) in [4.78, 5) is 30.5. The molecule has 0 aliphatic carbocycles. The van der Waals surface area contributed by atoms with Crippen LogP contribution in [0.15, 0.2) is 10.5 Å². The standard InChI is InChI=1S/C7H3O4Si/c8-2-5-1-7(12-4-10)6(3-9)11-5/h1-3H. The Morgan fingerprint density at radius 3 is 2.67 bits per heavy atom. The molecule has 0 atom stereocenters. The van der Waals surface area contributed by atoms with E-state index in [2.05, 4.69) is 0 Å². The molecule has 0 N–H and O–H groups in total. The summed E-state index contributed by atoms with van der Waals surface area (Å²) < 4.78 is 4.76. The molecule has 5 heteroatoms. The minimum atomic E-state index is -0.273. The quantitative estimate of drug-likeness (QED) is 0.454. The van der Waals surface area contributed by atoms with Crippen molar-refractivity contribution in [1.82, 2.24) is 0 Å². The van der Waals surface area contributed by atoms with E-state index in [4.69, 9.17) is 4.42 Å². The van der Waals surface area contributed by atoms with Crippen LogP contribution in [0, 0.1) is 0 Å². The molecule has 1 rings (SSSR count). The minimum Gasteiger partial charge on any atom is -0.450 e. The van der Waals surface area contributed by atoms with E-state index >= 15 is 0 Å². The summed E-state index contributed by atoms with van der Waals surface area (Å²) in [6, 6.07) is 1.36. The molecule has 0 saturated heterocycles. The minimum absolute atomic E-state index is 0.0267. The molecule has 0 bridgehead atoms. The molecular weight excluding hydrogens is 176 g/mol. The first kappa shape index (κ1) is 8.51. The van der Waals surface area contributed by atoms with Gasteiger partial charge in [-0.25, -0.2) is 4.79 Å². The van der Waals surface area contributed by atoms with Gasteiger partial charge in [0.2, 0.25) is 0 Å². The third kappa shape index (κ3) is 1.53. The predicted molar refractivity (Wildman–Crippen MR) is 40.6 cm³/mol. The zero-order valence-electron chi connectivity index (χ0n) is 5.87. The van der Waals surface area contributed by atoms with Crippen LogP contribution in [-0.2, 0) is 4.79 Å². The van der Waals surface area contributed by atoms with Crippen LogP contribution in [0.3, 0.4) is 0 Å². The largest absolute Gasteiger partial charge is 0.450 e. The van der Waals surface area contributed by atoms with Gasteiger partial charge in [-0.05, 0) is 6.07 Å². The summed E-state index contributed by atoms with van der Waals surface area (Å²) in [7, 11) is -0.273. The fourth-order valence-corrected chi connectivity index (χ4v) is 1.28. The van der Waals surface area contributed by atoms with Crippen molar-refractivity contribution in [3.8, 4) is 0 Å². The van der Waals surface area contributed by atoms with Gasteiger partial charge in [-0.2, -0.15) is 0 Å². The number of furan rings is 1. The molecular formula is C7H3O4Si. The molecule has 1 aromatic rings. The highest BCUT2D eigenvalue weighted by molar-refractivity contribution is 6.59. The summed E-state index contributed by atoms with van der Waals surface area (Å²) in [5.74, 6) is 0.0774. The lowest BCUT2D eigenvalue weighted by Gasteiger charge is -1.79. The smallest absolute Gasteiger partial charge is 0.185 e. The number of carbonyl (C=O) groups is 2. The van der Waals surface area contributed by atoms with Crippen LogP contribution in [0.2, 0.25) is 0 Å². The van der Waals surface area contributed by atoms with E-state index in [9.17, 15) is 14.4 Å². The fraction of sp³-hybridized carbons (Fsp3) is 0. The van der Waals surface area contributed by atoms with Crippen LogP contribution in [0.1, 0.15) is 21.1 Å². The zero-order valence-corrected chi connectivity index (χ0v) is 6.87. The average Bonchev–Trinajstić information content (AvgIpc) is 2.48. The summed E-state index contributed by atoms with van der Waals surface area (Å²) >= 11 is 0. The molecule has 0 saturated carbocycles. The molecule has 0 fully saturated rings. The fourth-order valence-electron chi connectivity index (χ4n) is 0.723. The third-order valence-corrected chi connectivity index (χ3v) is 1.95. The van der Waals surface area contributed by atoms with Gasteiger partial charge >= 0.3 is 0 Å². The molecule has 12 heavy (non-hydrogen) atoms. The number of aldehydes is 2. The Morgan fingerprint density at radius 1 is 1.42 bits per heavy atom. The van der Waals surface area contributed by atoms with Crippen LogP contribution in [0.4, 0.5) is 0 Å². The van der Waals surface area contributed by atoms with Gasteiger partial charge in [0, 0.05) is 5.19 Å². The lowest BCUT2D eigenvalue weighted by atomic mass is 10.4. The molecule has 0 aliphatic rings. The van der Waals surface area contributed by atoms with Crippen molar-refractivity contribution in [1.29, 1.82) is 0 Å². The summed E-state index contributed by atoms with van der Waals surface area (Å²) in [6.45, 7) is 0. The molecule has 0 spiro atoms. The molecule has 1 radical (unpaired) electrons. The highest BCUT2D eigenvalue weighted by Gasteiger charge is 2.07. The molecule has 1 aromatic heterocycles. The first-order valence-electron chi connectivity index (χ1n) is 2.99. The van der Waals surface area contributed by atoms with Crippen LogP contribution in [0.5, 0.6) is 0 Å². The van der Waals surface area contributed by atoms with Gasteiger partial charge in [-0.15, -0.1) is 0 Å². The van der Waals surface area contributed by atoms with Crippen molar-refractivity contribution < 1.29 is 18.8 Å². The third-order valence-electron chi connectivity index (χ3n) is 1.19. The van der Waals surface area contributed by atoms with Gasteiger partial charge in [-0.3, -0.25) is 9.59 Å². The van der Waals surface area contributed by atoms with Gasteiger partial charge in [0.1, 0.15) is 0 Å². The maximum Gasteiger partial charge on any atom is 0.185 e. The predicted octanol–water partition coefficient (Wildman–Crippen LogP) is -0.699. The SMILES string of the molecule is O=C=[Si]c1cc(C=O)oc1C=O. The number of carbonyl (C=O) groups excluding carboxylic acids is 3. The zero-order chi connectivity index (χ0) is 8.97. The monoisotopic (exact) mass is 179 g/mol. The van der Waals surface area contributed by atoms with Gasteiger partial charge in [0.05, 0.1) is 5.54 Å². The Morgan fingerprint density at radius 2 is 2.17 bits per heavy atom. The van der Waals surface area contributed by atoms with E-state index in [1.165, 1.54) is 6.07 Å². The Bertz CT molecular complexity index is 359. The van der Waals surface area contributed by atoms with Crippen LogP contribution < -0.4 is 5.19 Å². The molecule has 0 unspecified atom stereocenters. The first-order valence-corrected chi connectivity index (χ1v) is 3.99. The molecule has 0 amide bonds.